The van der Waals surface area contributed by atoms with Crippen molar-refractivity contribution in [3.63, 3.8) is 0 Å². The maximum atomic E-state index is 10.1. The Kier molecular flexibility index (Phi) is 14.2. The van der Waals surface area contributed by atoms with Crippen molar-refractivity contribution < 1.29 is 29.0 Å². The Hall–Kier alpha value is -1.79. The highest BCUT2D eigenvalue weighted by molar-refractivity contribution is 5.64. The summed E-state index contributed by atoms with van der Waals surface area (Å²) in [4.78, 5) is 9.76. The molecule has 29 heavy (non-hydrogen) atoms. The molecular formula is C23H41NO5. The summed E-state index contributed by atoms with van der Waals surface area (Å²) >= 11 is 0. The van der Waals surface area contributed by atoms with Crippen LogP contribution in [0.3, 0.4) is 0 Å². The van der Waals surface area contributed by atoms with Crippen LogP contribution in [0.4, 0.5) is 0 Å². The molecule has 1 rings (SSSR count). The lowest BCUT2D eigenvalue weighted by atomic mass is 10.1. The van der Waals surface area contributed by atoms with Crippen molar-refractivity contribution in [3.05, 3.63) is 23.8 Å². The fourth-order valence-electron chi connectivity index (χ4n) is 3.16. The molecule has 0 fully saturated rings. The number of aliphatic hydroxyl groups excluding tert-OH is 1. The van der Waals surface area contributed by atoms with Gasteiger partial charge in [0.05, 0.1) is 28.3 Å². The second-order valence-corrected chi connectivity index (χ2v) is 8.09. The van der Waals surface area contributed by atoms with Crippen molar-refractivity contribution in [3.8, 4) is 11.5 Å². The van der Waals surface area contributed by atoms with Crippen molar-refractivity contribution in [1.82, 2.24) is 0 Å². The normalized spacial score (nSPS) is 12.0. The van der Waals surface area contributed by atoms with Crippen LogP contribution in [0.25, 0.3) is 0 Å². The summed E-state index contributed by atoms with van der Waals surface area (Å²) < 4.78 is 11.4. The highest BCUT2D eigenvalue weighted by atomic mass is 16.5. The van der Waals surface area contributed by atoms with Gasteiger partial charge in [0.25, 0.3) is 0 Å². The summed E-state index contributed by atoms with van der Waals surface area (Å²) in [5.41, 5.74) is 1.18. The van der Waals surface area contributed by atoms with Crippen LogP contribution in [0.5, 0.6) is 11.5 Å². The van der Waals surface area contributed by atoms with Crippen LogP contribution in [0, 0.1) is 0 Å². The molecule has 1 aromatic carbocycles. The summed E-state index contributed by atoms with van der Waals surface area (Å²) in [6.45, 7) is 5.80. The van der Waals surface area contributed by atoms with Gasteiger partial charge in [0.15, 0.2) is 11.5 Å². The molecule has 0 saturated heterocycles. The smallest absolute Gasteiger partial charge is 0.161 e. The molecule has 0 amide bonds. The van der Waals surface area contributed by atoms with Crippen molar-refractivity contribution in [2.75, 3.05) is 34.9 Å². The number of ether oxygens (including phenoxy) is 2. The Labute approximate surface area is 177 Å². The van der Waals surface area contributed by atoms with E-state index in [1.807, 2.05) is 19.1 Å². The Balaban J connectivity index is 0.000000828. The first-order valence-electron chi connectivity index (χ1n) is 10.6. The van der Waals surface area contributed by atoms with Gasteiger partial charge in [-0.2, -0.15) is 0 Å². The number of hydrogen-bond donors (Lipinski definition) is 1. The number of carbonyl (C=O) groups excluding carboxylic acids is 1. The number of methoxy groups -OCH3 is 2. The minimum absolute atomic E-state index is 0.216. The molecule has 1 N–H and O–H groups in total. The van der Waals surface area contributed by atoms with Crippen LogP contribution in [0.15, 0.2) is 18.2 Å². The number of carboxylic acid groups (broad SMARTS) is 1. The van der Waals surface area contributed by atoms with Gasteiger partial charge in [-0.05, 0) is 37.5 Å². The number of benzene rings is 1. The Morgan fingerprint density at radius 3 is 2.21 bits per heavy atom. The van der Waals surface area contributed by atoms with E-state index in [0.29, 0.717) is 0 Å². The summed E-state index contributed by atoms with van der Waals surface area (Å²) in [5, 5.41) is 19.9. The van der Waals surface area contributed by atoms with E-state index < -0.39 is 5.97 Å². The first-order valence-corrected chi connectivity index (χ1v) is 10.6. The van der Waals surface area contributed by atoms with Gasteiger partial charge in [0.2, 0.25) is 0 Å². The molecule has 0 bridgehead atoms. The van der Waals surface area contributed by atoms with Crippen molar-refractivity contribution in [1.29, 1.82) is 0 Å². The molecule has 1 unspecified atom stereocenters. The molecular weight excluding hydrogens is 370 g/mol. The first-order chi connectivity index (χ1) is 13.7. The van der Waals surface area contributed by atoms with Crippen LogP contribution in [-0.2, 0) is 11.3 Å². The quantitative estimate of drug-likeness (QED) is 0.398. The molecule has 6 nitrogen and oxygen atoms in total. The maximum Gasteiger partial charge on any atom is 0.161 e. The molecule has 0 heterocycles. The fourth-order valence-corrected chi connectivity index (χ4v) is 3.16. The van der Waals surface area contributed by atoms with Crippen LogP contribution in [0.1, 0.15) is 64.4 Å². The van der Waals surface area contributed by atoms with E-state index in [-0.39, 0.29) is 12.5 Å². The molecule has 0 aliphatic carbocycles. The number of carboxylic acids is 1. The minimum Gasteiger partial charge on any atom is -0.550 e. The fraction of sp³-hybridized carbons (Fsp3) is 0.696. The number of quaternary nitrogens is 1. The summed E-state index contributed by atoms with van der Waals surface area (Å²) in [6.07, 6.45) is 5.88. The zero-order valence-corrected chi connectivity index (χ0v) is 19.2. The third-order valence-corrected chi connectivity index (χ3v) is 4.64. The van der Waals surface area contributed by atoms with Gasteiger partial charge < -0.3 is 29.0 Å². The van der Waals surface area contributed by atoms with Gasteiger partial charge in [0.1, 0.15) is 19.2 Å². The third kappa shape index (κ3) is 13.1. The highest BCUT2D eigenvalue weighted by Crippen LogP contribution is 2.28. The van der Waals surface area contributed by atoms with Crippen molar-refractivity contribution >= 4 is 5.97 Å². The van der Waals surface area contributed by atoms with Crippen LogP contribution in [-0.4, -0.2) is 56.5 Å². The molecule has 1 atom stereocenters. The zero-order chi connectivity index (χ0) is 22.3. The van der Waals surface area contributed by atoms with Crippen molar-refractivity contribution in [2.45, 2.75) is 71.4 Å². The number of nitrogens with zero attached hydrogens (tertiary/aromatic N) is 1. The van der Waals surface area contributed by atoms with Gasteiger partial charge in [-0.1, -0.05) is 39.5 Å². The summed E-state index contributed by atoms with van der Waals surface area (Å²) in [5.74, 6) is 0.564. The maximum absolute atomic E-state index is 10.1. The van der Waals surface area contributed by atoms with E-state index in [1.54, 1.807) is 14.2 Å². The number of aliphatic hydroxyl groups is 1. The predicted molar refractivity (Wildman–Crippen MR) is 115 cm³/mol. The predicted octanol–water partition coefficient (Wildman–Crippen LogP) is 3.15. The second-order valence-electron chi connectivity index (χ2n) is 8.09. The van der Waals surface area contributed by atoms with E-state index in [0.717, 1.165) is 67.6 Å². The molecule has 0 radical (unpaired) electrons. The first kappa shape index (κ1) is 27.2. The highest BCUT2D eigenvalue weighted by Gasteiger charge is 2.21. The Morgan fingerprint density at radius 1 is 1.07 bits per heavy atom. The van der Waals surface area contributed by atoms with Gasteiger partial charge in [-0.25, -0.2) is 0 Å². The number of carbonyl (C=O) groups is 1. The lowest BCUT2D eigenvalue weighted by Crippen LogP contribution is -2.44. The number of rotatable bonds is 13. The lowest BCUT2D eigenvalue weighted by molar-refractivity contribution is -0.906. The van der Waals surface area contributed by atoms with Gasteiger partial charge >= 0.3 is 0 Å². The Bertz CT molecular complexity index is 574. The Morgan fingerprint density at radius 2 is 1.69 bits per heavy atom. The molecule has 0 spiro atoms. The minimum atomic E-state index is -0.932. The van der Waals surface area contributed by atoms with E-state index in [1.165, 1.54) is 5.56 Å². The second kappa shape index (κ2) is 15.1. The topological polar surface area (TPSA) is 78.8 Å². The summed E-state index contributed by atoms with van der Waals surface area (Å²) in [7, 11) is 7.58. The lowest BCUT2D eigenvalue weighted by Gasteiger charge is -2.32. The molecule has 0 aliphatic heterocycles. The van der Waals surface area contributed by atoms with E-state index in [9.17, 15) is 15.0 Å². The van der Waals surface area contributed by atoms with Crippen molar-refractivity contribution in [2.24, 2.45) is 0 Å². The standard InChI is InChI=1S/C17H30NO3.C6H12O2/c1-6-7-8-15(19)13-18(2,3)12-14-9-10-16(20-4)17(11-14)21-5;1-2-3-4-5-6(7)8/h9-11,15,19H,6-8,12-13H2,1-5H3;2-5H2,1H3,(H,7,8)/q+1;/p-1. The number of aliphatic carboxylic acids is 1. The average Bonchev–Trinajstić information content (AvgIpc) is 2.66. The summed E-state index contributed by atoms with van der Waals surface area (Å²) in [6, 6.07) is 6.00. The van der Waals surface area contributed by atoms with Crippen LogP contribution < -0.4 is 14.6 Å². The molecule has 0 aromatic heterocycles. The average molecular weight is 412 g/mol. The third-order valence-electron chi connectivity index (χ3n) is 4.64. The SMILES string of the molecule is CCCCC(O)C[N+](C)(C)Cc1ccc(OC)c(OC)c1.CCCCCC(=O)[O-]. The van der Waals surface area contributed by atoms with Gasteiger partial charge in [0, 0.05) is 11.5 Å². The zero-order valence-electron chi connectivity index (χ0n) is 19.2. The number of hydrogen-bond acceptors (Lipinski definition) is 5. The van der Waals surface area contributed by atoms with E-state index >= 15 is 0 Å². The molecule has 6 heteroatoms. The molecule has 0 saturated carbocycles. The van der Waals surface area contributed by atoms with Gasteiger partial charge in [-0.3, -0.25) is 0 Å². The number of unbranched alkanes of at least 4 members (excludes halogenated alkanes) is 3. The van der Waals surface area contributed by atoms with E-state index in [2.05, 4.69) is 27.1 Å². The van der Waals surface area contributed by atoms with Crippen LogP contribution >= 0.6 is 0 Å². The largest absolute Gasteiger partial charge is 0.550 e. The van der Waals surface area contributed by atoms with Gasteiger partial charge in [-0.15, -0.1) is 0 Å². The molecule has 168 valence electrons. The van der Waals surface area contributed by atoms with E-state index in [4.69, 9.17) is 9.47 Å². The molecule has 1 aromatic rings. The molecule has 0 aliphatic rings. The number of likely N-dealkylation sites (N-methyl/N-ethyl adjacent to an activating group) is 1. The monoisotopic (exact) mass is 411 g/mol. The van der Waals surface area contributed by atoms with Crippen LogP contribution in [0.2, 0.25) is 0 Å².